The molecule has 1 saturated carbocycles. The summed E-state index contributed by atoms with van der Waals surface area (Å²) in [7, 11) is 1.99. The Balaban J connectivity index is 1.65. The summed E-state index contributed by atoms with van der Waals surface area (Å²) < 4.78 is 1.94. The van der Waals surface area contributed by atoms with Crippen LogP contribution in [0.3, 0.4) is 0 Å². The lowest BCUT2D eigenvalue weighted by molar-refractivity contribution is 0.315. The molecule has 2 heterocycles. The van der Waals surface area contributed by atoms with E-state index >= 15 is 0 Å². The molecule has 6 heteroatoms. The average Bonchev–Trinajstić information content (AvgIpc) is 3.27. The van der Waals surface area contributed by atoms with Crippen LogP contribution in [0.15, 0.2) is 4.99 Å². The Kier molecular flexibility index (Phi) is 5.13. The van der Waals surface area contributed by atoms with Crippen molar-refractivity contribution >= 4 is 5.96 Å². The van der Waals surface area contributed by atoms with E-state index in [1.165, 1.54) is 30.6 Å². The van der Waals surface area contributed by atoms with Crippen LogP contribution in [0.1, 0.15) is 43.6 Å². The number of aryl methyl sites for hydroxylation is 2. The van der Waals surface area contributed by atoms with Crippen molar-refractivity contribution in [3.8, 4) is 0 Å². The van der Waals surface area contributed by atoms with Crippen LogP contribution in [0.25, 0.3) is 0 Å². The van der Waals surface area contributed by atoms with Crippen molar-refractivity contribution in [1.29, 1.82) is 0 Å². The van der Waals surface area contributed by atoms with Gasteiger partial charge in [-0.2, -0.15) is 5.10 Å². The van der Waals surface area contributed by atoms with Gasteiger partial charge in [0.25, 0.3) is 0 Å². The zero-order valence-corrected chi connectivity index (χ0v) is 15.8. The zero-order chi connectivity index (χ0) is 17.3. The Hall–Kier alpha value is -1.56. The van der Waals surface area contributed by atoms with E-state index in [2.05, 4.69) is 48.3 Å². The van der Waals surface area contributed by atoms with Crippen molar-refractivity contribution in [2.45, 2.75) is 59.2 Å². The summed E-state index contributed by atoms with van der Waals surface area (Å²) >= 11 is 0. The summed E-state index contributed by atoms with van der Waals surface area (Å²) in [5.41, 5.74) is 3.50. The summed E-state index contributed by atoms with van der Waals surface area (Å²) in [5, 5.41) is 11.6. The Morgan fingerprint density at radius 2 is 2.04 bits per heavy atom. The van der Waals surface area contributed by atoms with Crippen LogP contribution in [-0.2, 0) is 13.6 Å². The highest BCUT2D eigenvalue weighted by Crippen LogP contribution is 2.31. The Labute approximate surface area is 145 Å². The maximum absolute atomic E-state index is 4.82. The predicted molar refractivity (Wildman–Crippen MR) is 98.2 cm³/mol. The van der Waals surface area contributed by atoms with E-state index in [1.54, 1.807) is 0 Å². The number of hydrogen-bond acceptors (Lipinski definition) is 3. The van der Waals surface area contributed by atoms with Crippen LogP contribution in [0.2, 0.25) is 0 Å². The fourth-order valence-corrected chi connectivity index (χ4v) is 3.63. The van der Waals surface area contributed by atoms with Gasteiger partial charge in [-0.05, 0) is 39.5 Å². The minimum absolute atomic E-state index is 0.486. The number of aliphatic imine (C=N–C) groups is 1. The molecule has 1 aromatic rings. The number of nitrogens with zero attached hydrogens (tertiary/aromatic N) is 4. The van der Waals surface area contributed by atoms with Crippen molar-refractivity contribution in [1.82, 2.24) is 25.3 Å². The van der Waals surface area contributed by atoms with E-state index in [0.29, 0.717) is 18.5 Å². The van der Waals surface area contributed by atoms with Gasteiger partial charge in [0, 0.05) is 50.0 Å². The van der Waals surface area contributed by atoms with Gasteiger partial charge in [0.2, 0.25) is 0 Å². The van der Waals surface area contributed by atoms with Crippen LogP contribution in [0.4, 0.5) is 0 Å². The van der Waals surface area contributed by atoms with Gasteiger partial charge in [0.05, 0.1) is 12.2 Å². The third kappa shape index (κ3) is 3.74. The first-order valence-electron chi connectivity index (χ1n) is 9.27. The molecule has 2 N–H and O–H groups in total. The molecule has 1 aromatic heterocycles. The van der Waals surface area contributed by atoms with Gasteiger partial charge in [0.15, 0.2) is 5.96 Å². The van der Waals surface area contributed by atoms with Crippen molar-refractivity contribution in [2.75, 3.05) is 19.6 Å². The van der Waals surface area contributed by atoms with E-state index in [9.17, 15) is 0 Å². The van der Waals surface area contributed by atoms with Crippen LogP contribution in [-0.4, -0.2) is 52.4 Å². The van der Waals surface area contributed by atoms with Gasteiger partial charge < -0.3 is 10.6 Å². The molecule has 3 rings (SSSR count). The molecular weight excluding hydrogens is 300 g/mol. The van der Waals surface area contributed by atoms with Gasteiger partial charge in [-0.25, -0.2) is 4.99 Å². The zero-order valence-electron chi connectivity index (χ0n) is 15.8. The quantitative estimate of drug-likeness (QED) is 0.635. The van der Waals surface area contributed by atoms with Gasteiger partial charge in [-0.15, -0.1) is 0 Å². The lowest BCUT2D eigenvalue weighted by Gasteiger charge is -2.20. The number of hydrogen-bond donors (Lipinski definition) is 2. The number of nitrogens with one attached hydrogen (secondary N) is 2. The molecule has 1 aliphatic heterocycles. The number of rotatable bonds is 5. The molecule has 0 amide bonds. The molecular formula is C18H32N6. The van der Waals surface area contributed by atoms with Crippen molar-refractivity contribution < 1.29 is 0 Å². The predicted octanol–water partition coefficient (Wildman–Crippen LogP) is 1.57. The second-order valence-electron chi connectivity index (χ2n) is 7.38. The van der Waals surface area contributed by atoms with E-state index in [-0.39, 0.29) is 0 Å². The van der Waals surface area contributed by atoms with E-state index in [1.807, 2.05) is 11.7 Å². The third-order valence-corrected chi connectivity index (χ3v) is 5.42. The van der Waals surface area contributed by atoms with Gasteiger partial charge >= 0.3 is 0 Å². The van der Waals surface area contributed by atoms with Crippen LogP contribution >= 0.6 is 0 Å². The summed E-state index contributed by atoms with van der Waals surface area (Å²) in [6.45, 7) is 12.5. The molecule has 0 spiro atoms. The fourth-order valence-electron chi connectivity index (χ4n) is 3.63. The molecule has 1 aliphatic carbocycles. The number of aromatic nitrogens is 2. The summed E-state index contributed by atoms with van der Waals surface area (Å²) in [6.07, 6.45) is 2.76. The molecule has 2 unspecified atom stereocenters. The average molecular weight is 332 g/mol. The highest BCUT2D eigenvalue weighted by Gasteiger charge is 2.38. The molecule has 134 valence electrons. The molecule has 6 nitrogen and oxygen atoms in total. The lowest BCUT2D eigenvalue weighted by Crippen LogP contribution is -2.46. The number of guanidine groups is 1. The minimum atomic E-state index is 0.486. The second-order valence-corrected chi connectivity index (χ2v) is 7.38. The van der Waals surface area contributed by atoms with Crippen molar-refractivity contribution in [2.24, 2.45) is 18.0 Å². The maximum atomic E-state index is 4.82. The third-order valence-electron chi connectivity index (χ3n) is 5.42. The first-order chi connectivity index (χ1) is 11.5. The first kappa shape index (κ1) is 17.3. The largest absolute Gasteiger partial charge is 0.357 e. The summed E-state index contributed by atoms with van der Waals surface area (Å²) in [5.74, 6) is 1.59. The SMILES string of the molecule is CCNC(=NCc1c(C)nn(C)c1C)NC1CN(C2CC2)CC1C. The molecule has 0 radical (unpaired) electrons. The van der Waals surface area contributed by atoms with Gasteiger partial charge in [-0.1, -0.05) is 6.92 Å². The number of likely N-dealkylation sites (tertiary alicyclic amines) is 1. The Morgan fingerprint density at radius 1 is 1.29 bits per heavy atom. The van der Waals surface area contributed by atoms with E-state index < -0.39 is 0 Å². The van der Waals surface area contributed by atoms with Gasteiger partial charge in [-0.3, -0.25) is 9.58 Å². The molecule has 24 heavy (non-hydrogen) atoms. The standard InChI is InChI=1S/C18H32N6/c1-6-19-18(20-9-16-13(3)22-23(5)14(16)4)21-17-11-24(10-12(17)2)15-7-8-15/h12,15,17H,6-11H2,1-5H3,(H2,19,20,21). The van der Waals surface area contributed by atoms with Crippen molar-refractivity contribution in [3.63, 3.8) is 0 Å². The molecule has 2 fully saturated rings. The van der Waals surface area contributed by atoms with Crippen LogP contribution in [0.5, 0.6) is 0 Å². The van der Waals surface area contributed by atoms with Gasteiger partial charge in [0.1, 0.15) is 0 Å². The lowest BCUT2D eigenvalue weighted by atomic mass is 10.1. The molecule has 1 saturated heterocycles. The second kappa shape index (κ2) is 7.13. The van der Waals surface area contributed by atoms with Crippen LogP contribution < -0.4 is 10.6 Å². The van der Waals surface area contributed by atoms with E-state index in [4.69, 9.17) is 4.99 Å². The molecule has 0 bridgehead atoms. The fraction of sp³-hybridized carbons (Fsp3) is 0.778. The Bertz CT molecular complexity index is 601. The van der Waals surface area contributed by atoms with Crippen LogP contribution in [0, 0.1) is 19.8 Å². The maximum Gasteiger partial charge on any atom is 0.191 e. The topological polar surface area (TPSA) is 57.5 Å². The normalized spacial score (nSPS) is 25.3. The highest BCUT2D eigenvalue weighted by molar-refractivity contribution is 5.80. The molecule has 2 atom stereocenters. The monoisotopic (exact) mass is 332 g/mol. The summed E-state index contributed by atoms with van der Waals surface area (Å²) in [6, 6.07) is 1.33. The van der Waals surface area contributed by atoms with E-state index in [0.717, 1.165) is 30.8 Å². The highest BCUT2D eigenvalue weighted by atomic mass is 15.3. The minimum Gasteiger partial charge on any atom is -0.357 e. The van der Waals surface area contributed by atoms with Crippen molar-refractivity contribution in [3.05, 3.63) is 17.0 Å². The summed E-state index contributed by atoms with van der Waals surface area (Å²) in [4.78, 5) is 7.46. The first-order valence-corrected chi connectivity index (χ1v) is 9.27. The smallest absolute Gasteiger partial charge is 0.191 e. The molecule has 2 aliphatic rings. The Morgan fingerprint density at radius 3 is 2.62 bits per heavy atom. The molecule has 0 aromatic carbocycles.